The Labute approximate surface area is 431 Å². The molecule has 8 heteroatoms. The molecule has 0 saturated carbocycles. The van der Waals surface area contributed by atoms with Crippen molar-refractivity contribution in [1.29, 1.82) is 0 Å². The lowest BCUT2D eigenvalue weighted by atomic mass is 10.1. The van der Waals surface area contributed by atoms with Crippen LogP contribution in [-0.2, 0) is 14.3 Å². The van der Waals surface area contributed by atoms with Crippen LogP contribution in [-0.4, -0.2) is 104 Å². The summed E-state index contributed by atoms with van der Waals surface area (Å²) >= 11 is 0. The number of rotatable bonds is 55. The molecule has 0 aliphatic carbocycles. The van der Waals surface area contributed by atoms with Gasteiger partial charge >= 0.3 is 6.09 Å². The Bertz CT molecular complexity index is 978. The average molecular weight is 976 g/mol. The molecule has 410 valence electrons. The van der Waals surface area contributed by atoms with Gasteiger partial charge in [0.15, 0.2) is 0 Å². The SMILES string of the molecule is CCCCCCCCCCN(CCCCCCCCCC)C(=O)CCCCCCCN(CCCCCCCC(=O)N(CCCCCCCCCC)CCCCCCCCCC)C(=O)OCCN(C)C. The minimum atomic E-state index is -0.186. The van der Waals surface area contributed by atoms with E-state index in [1.165, 1.54) is 180 Å². The quantitative estimate of drug-likeness (QED) is 0.0568. The molecule has 0 bridgehead atoms. The van der Waals surface area contributed by atoms with E-state index in [0.29, 0.717) is 31.3 Å². The fraction of sp³-hybridized carbons (Fsp3) is 0.951. The molecule has 69 heavy (non-hydrogen) atoms. The van der Waals surface area contributed by atoms with Gasteiger partial charge in [-0.25, -0.2) is 4.79 Å². The lowest BCUT2D eigenvalue weighted by molar-refractivity contribution is -0.132. The van der Waals surface area contributed by atoms with Gasteiger partial charge in [-0.05, 0) is 65.5 Å². The standard InChI is InChI=1S/C61H122N4O4/c1-7-11-15-19-23-27-35-43-51-63(52-44-36-28-24-20-16-12-8-2)59(66)49-41-33-31-39-47-55-65(61(68)69-58-57-62(5)6)56-48-40-32-34-42-50-60(67)64(53-45-37-29-25-21-17-13-9-3)54-46-38-30-26-22-18-14-10-4/h7-58H2,1-6H3. The molecule has 0 aromatic rings. The first kappa shape index (κ1) is 67.2. The monoisotopic (exact) mass is 975 g/mol. The molecule has 0 saturated heterocycles. The van der Waals surface area contributed by atoms with Gasteiger partial charge in [0.1, 0.15) is 6.61 Å². The minimum absolute atomic E-state index is 0.186. The smallest absolute Gasteiger partial charge is 0.409 e. The molecule has 0 heterocycles. The van der Waals surface area contributed by atoms with Crippen LogP contribution in [0.5, 0.6) is 0 Å². The third kappa shape index (κ3) is 47.0. The molecule has 3 amide bonds. The van der Waals surface area contributed by atoms with E-state index in [-0.39, 0.29) is 6.09 Å². The van der Waals surface area contributed by atoms with E-state index in [1.807, 2.05) is 23.9 Å². The molecule has 0 N–H and O–H groups in total. The van der Waals surface area contributed by atoms with Crippen molar-refractivity contribution in [3.63, 3.8) is 0 Å². The molecule has 0 spiro atoms. The lowest BCUT2D eigenvalue weighted by Gasteiger charge is -2.23. The molecule has 0 aromatic carbocycles. The zero-order valence-corrected chi connectivity index (χ0v) is 47.7. The Morgan fingerprint density at radius 1 is 0.275 bits per heavy atom. The van der Waals surface area contributed by atoms with Gasteiger partial charge < -0.3 is 24.3 Å². The zero-order chi connectivity index (χ0) is 50.5. The number of carbonyl (C=O) groups excluding carboxylic acids is 3. The zero-order valence-electron chi connectivity index (χ0n) is 47.7. The maximum atomic E-state index is 13.5. The van der Waals surface area contributed by atoms with Crippen LogP contribution < -0.4 is 0 Å². The molecule has 0 aliphatic heterocycles. The molecular formula is C61H122N4O4. The van der Waals surface area contributed by atoms with Crippen molar-refractivity contribution in [1.82, 2.24) is 19.6 Å². The number of hydrogen-bond donors (Lipinski definition) is 0. The fourth-order valence-corrected chi connectivity index (χ4v) is 9.70. The number of amides is 3. The summed E-state index contributed by atoms with van der Waals surface area (Å²) < 4.78 is 5.71. The van der Waals surface area contributed by atoms with Crippen LogP contribution in [0.1, 0.15) is 310 Å². The molecule has 0 aromatic heterocycles. The second-order valence-electron chi connectivity index (χ2n) is 21.6. The first-order valence-corrected chi connectivity index (χ1v) is 30.9. The van der Waals surface area contributed by atoms with Gasteiger partial charge in [-0.1, -0.05) is 246 Å². The number of carbonyl (C=O) groups is 3. The second kappa shape index (κ2) is 54.0. The van der Waals surface area contributed by atoms with E-state index in [1.54, 1.807) is 0 Å². The topological polar surface area (TPSA) is 73.4 Å². The maximum Gasteiger partial charge on any atom is 0.409 e. The van der Waals surface area contributed by atoms with Crippen molar-refractivity contribution >= 4 is 17.9 Å². The van der Waals surface area contributed by atoms with E-state index >= 15 is 0 Å². The highest BCUT2D eigenvalue weighted by atomic mass is 16.6. The summed E-state index contributed by atoms with van der Waals surface area (Å²) in [6.07, 6.45) is 53.1. The number of unbranched alkanes of at least 4 members (excludes halogenated alkanes) is 36. The van der Waals surface area contributed by atoms with Crippen LogP contribution in [0.4, 0.5) is 4.79 Å². The summed E-state index contributed by atoms with van der Waals surface area (Å²) in [5.74, 6) is 0.730. The Balaban J connectivity index is 4.78. The van der Waals surface area contributed by atoms with Crippen molar-refractivity contribution in [3.05, 3.63) is 0 Å². The van der Waals surface area contributed by atoms with Crippen molar-refractivity contribution < 1.29 is 19.1 Å². The van der Waals surface area contributed by atoms with Crippen molar-refractivity contribution in [2.24, 2.45) is 0 Å². The first-order chi connectivity index (χ1) is 33.8. The van der Waals surface area contributed by atoms with E-state index in [0.717, 1.165) is 136 Å². The fourth-order valence-electron chi connectivity index (χ4n) is 9.70. The number of ether oxygens (including phenoxy) is 1. The summed E-state index contributed by atoms with van der Waals surface area (Å²) in [4.78, 5) is 48.5. The van der Waals surface area contributed by atoms with E-state index in [4.69, 9.17) is 4.74 Å². The normalized spacial score (nSPS) is 11.5. The van der Waals surface area contributed by atoms with Crippen LogP contribution >= 0.6 is 0 Å². The summed E-state index contributed by atoms with van der Waals surface area (Å²) in [5, 5.41) is 0. The molecule has 0 aliphatic rings. The third-order valence-electron chi connectivity index (χ3n) is 14.5. The van der Waals surface area contributed by atoms with Gasteiger partial charge in [0, 0.05) is 58.7 Å². The highest BCUT2D eigenvalue weighted by Gasteiger charge is 2.17. The van der Waals surface area contributed by atoms with Crippen LogP contribution in [0, 0.1) is 0 Å². The van der Waals surface area contributed by atoms with Crippen LogP contribution in [0.15, 0.2) is 0 Å². The summed E-state index contributed by atoms with van der Waals surface area (Å²) in [6.45, 7) is 15.4. The number of likely N-dealkylation sites (N-methyl/N-ethyl adjacent to an activating group) is 1. The Morgan fingerprint density at radius 3 is 0.739 bits per heavy atom. The summed E-state index contributed by atoms with van der Waals surface area (Å²) in [6, 6.07) is 0. The van der Waals surface area contributed by atoms with Crippen LogP contribution in [0.25, 0.3) is 0 Å². The third-order valence-corrected chi connectivity index (χ3v) is 14.5. The van der Waals surface area contributed by atoms with E-state index < -0.39 is 0 Å². The Morgan fingerprint density at radius 2 is 0.493 bits per heavy atom. The van der Waals surface area contributed by atoms with Gasteiger partial charge in [-0.3, -0.25) is 9.59 Å². The number of hydrogen-bond acceptors (Lipinski definition) is 5. The van der Waals surface area contributed by atoms with Gasteiger partial charge in [-0.15, -0.1) is 0 Å². The summed E-state index contributed by atoms with van der Waals surface area (Å²) in [7, 11) is 4.01. The van der Waals surface area contributed by atoms with Gasteiger partial charge in [0.25, 0.3) is 0 Å². The van der Waals surface area contributed by atoms with Gasteiger partial charge in [0.05, 0.1) is 0 Å². The first-order valence-electron chi connectivity index (χ1n) is 30.9. The van der Waals surface area contributed by atoms with Crippen LogP contribution in [0.3, 0.4) is 0 Å². The van der Waals surface area contributed by atoms with Crippen molar-refractivity contribution in [3.8, 4) is 0 Å². The van der Waals surface area contributed by atoms with E-state index in [2.05, 4.69) is 37.5 Å². The van der Waals surface area contributed by atoms with Crippen molar-refractivity contribution in [2.45, 2.75) is 310 Å². The van der Waals surface area contributed by atoms with Gasteiger partial charge in [0.2, 0.25) is 11.8 Å². The van der Waals surface area contributed by atoms with E-state index in [9.17, 15) is 14.4 Å². The molecule has 0 fully saturated rings. The highest BCUT2D eigenvalue weighted by Crippen LogP contribution is 2.17. The molecule has 0 radical (unpaired) electrons. The molecular weight excluding hydrogens is 853 g/mol. The highest BCUT2D eigenvalue weighted by molar-refractivity contribution is 5.76. The Kier molecular flexibility index (Phi) is 52.5. The second-order valence-corrected chi connectivity index (χ2v) is 21.6. The summed E-state index contributed by atoms with van der Waals surface area (Å²) in [5.41, 5.74) is 0. The molecule has 0 rings (SSSR count). The predicted molar refractivity (Wildman–Crippen MR) is 300 cm³/mol. The van der Waals surface area contributed by atoms with Crippen LogP contribution in [0.2, 0.25) is 0 Å². The van der Waals surface area contributed by atoms with Gasteiger partial charge in [-0.2, -0.15) is 0 Å². The largest absolute Gasteiger partial charge is 0.448 e. The van der Waals surface area contributed by atoms with Crippen molar-refractivity contribution in [2.75, 3.05) is 66.5 Å². The minimum Gasteiger partial charge on any atom is -0.448 e. The predicted octanol–water partition coefficient (Wildman–Crippen LogP) is 17.9. The molecule has 0 unspecified atom stereocenters. The molecule has 0 atom stereocenters. The number of nitrogens with zero attached hydrogens (tertiary/aromatic N) is 4. The lowest BCUT2D eigenvalue weighted by Crippen LogP contribution is -2.35. The molecule has 8 nitrogen and oxygen atoms in total. The Hall–Kier alpha value is -1.83. The maximum absolute atomic E-state index is 13.5. The average Bonchev–Trinajstić information content (AvgIpc) is 3.34.